The van der Waals surface area contributed by atoms with Crippen molar-refractivity contribution in [1.29, 1.82) is 0 Å². The first-order valence-electron chi connectivity index (χ1n) is 4.21. The van der Waals surface area contributed by atoms with Crippen LogP contribution >= 0.6 is 11.1 Å². The summed E-state index contributed by atoms with van der Waals surface area (Å²) in [5.41, 5.74) is 21.4. The van der Waals surface area contributed by atoms with Gasteiger partial charge in [-0.15, -0.1) is 4.78 Å². The van der Waals surface area contributed by atoms with E-state index in [-0.39, 0.29) is 29.6 Å². The molecular formula is C6H18ClN6NaSi2. The van der Waals surface area contributed by atoms with E-state index in [9.17, 15) is 0 Å². The van der Waals surface area contributed by atoms with Gasteiger partial charge in [-0.1, -0.05) is 39.3 Å². The molecule has 0 saturated carbocycles. The van der Waals surface area contributed by atoms with Crippen LogP contribution in [0.3, 0.4) is 0 Å². The molecule has 0 saturated heterocycles. The minimum absolute atomic E-state index is 0. The van der Waals surface area contributed by atoms with E-state index in [1.54, 1.807) is 0 Å². The summed E-state index contributed by atoms with van der Waals surface area (Å²) >= 11 is 5.67. The Bertz CT molecular complexity index is 230. The second kappa shape index (κ2) is 13.4. The van der Waals surface area contributed by atoms with Gasteiger partial charge in [0.2, 0.25) is 0 Å². The zero-order valence-corrected chi connectivity index (χ0v) is 15.8. The minimum Gasteiger partial charge on any atom is -0.373 e. The monoisotopic (exact) mass is 288 g/mol. The Morgan fingerprint density at radius 1 is 0.938 bits per heavy atom. The van der Waals surface area contributed by atoms with Gasteiger partial charge in [0.25, 0.3) is 0 Å². The maximum Gasteiger partial charge on any atom is 1.00 e. The third kappa shape index (κ3) is 135. The van der Waals surface area contributed by atoms with Crippen molar-refractivity contribution in [2.45, 2.75) is 39.3 Å². The van der Waals surface area contributed by atoms with Gasteiger partial charge in [0.15, 0.2) is 0 Å². The predicted molar refractivity (Wildman–Crippen MR) is 71.8 cm³/mol. The molecular weight excluding hydrogens is 271 g/mol. The van der Waals surface area contributed by atoms with E-state index in [1.807, 2.05) is 19.6 Å². The SMILES string of the molecule is C[Si](C)(C)Cl.C[Si](C)(C)N=[N+]=[N-].[N-]=[N+]=[N-].[Na+]. The number of halogens is 1. The zero-order chi connectivity index (χ0) is 13.1. The van der Waals surface area contributed by atoms with Gasteiger partial charge in [0.1, 0.15) is 15.6 Å². The molecule has 0 bridgehead atoms. The molecule has 0 aliphatic heterocycles. The van der Waals surface area contributed by atoms with Crippen molar-refractivity contribution in [2.24, 2.45) is 4.78 Å². The third-order valence-corrected chi connectivity index (χ3v) is 1.03. The van der Waals surface area contributed by atoms with E-state index < -0.39 is 15.6 Å². The molecule has 88 valence electrons. The summed E-state index contributed by atoms with van der Waals surface area (Å²) in [5, 5.41) is 0. The van der Waals surface area contributed by atoms with E-state index in [1.165, 1.54) is 4.91 Å². The Morgan fingerprint density at radius 3 is 1.12 bits per heavy atom. The Labute approximate surface area is 126 Å². The van der Waals surface area contributed by atoms with Crippen LogP contribution in [0.5, 0.6) is 0 Å². The molecule has 0 aliphatic carbocycles. The van der Waals surface area contributed by atoms with Crippen LogP contribution in [0.1, 0.15) is 0 Å². The fourth-order valence-corrected chi connectivity index (χ4v) is 0.402. The summed E-state index contributed by atoms with van der Waals surface area (Å²) in [6.45, 7) is 12.3. The molecule has 0 heterocycles. The number of hydrogen-bond acceptors (Lipinski definition) is 1. The first kappa shape index (κ1) is 25.3. The molecule has 0 radical (unpaired) electrons. The fourth-order valence-electron chi connectivity index (χ4n) is 0.134. The van der Waals surface area contributed by atoms with Gasteiger partial charge in [0, 0.05) is 0 Å². The van der Waals surface area contributed by atoms with Crippen molar-refractivity contribution in [1.82, 2.24) is 0 Å². The number of nitrogens with zero attached hydrogens (tertiary/aromatic N) is 6. The fraction of sp³-hybridized carbons (Fsp3) is 1.00. The summed E-state index contributed by atoms with van der Waals surface area (Å²) in [7, 11) is -2.59. The topological polar surface area (TPSA) is 107 Å². The van der Waals surface area contributed by atoms with Gasteiger partial charge in [-0.05, 0) is 10.4 Å². The number of azide groups is 1. The van der Waals surface area contributed by atoms with Crippen molar-refractivity contribution in [3.63, 3.8) is 0 Å². The van der Waals surface area contributed by atoms with Crippen molar-refractivity contribution in [3.05, 3.63) is 26.4 Å². The molecule has 6 nitrogen and oxygen atoms in total. The third-order valence-electron chi connectivity index (χ3n) is 0.345. The van der Waals surface area contributed by atoms with Crippen LogP contribution in [0, 0.1) is 0 Å². The Morgan fingerprint density at radius 2 is 1.12 bits per heavy atom. The average Bonchev–Trinajstić information content (AvgIpc) is 1.80. The zero-order valence-electron chi connectivity index (χ0n) is 11.1. The summed E-state index contributed by atoms with van der Waals surface area (Å²) in [6.07, 6.45) is 0. The molecule has 10 heteroatoms. The van der Waals surface area contributed by atoms with Crippen molar-refractivity contribution in [3.8, 4) is 0 Å². The number of hydrogen-bond donors (Lipinski definition) is 0. The van der Waals surface area contributed by atoms with E-state index in [2.05, 4.69) is 29.3 Å². The standard InChI is InChI=1S/C3H9ClSi.C3H9N3Si.N3.Na/c1-5(2,3)4;1-7(2,3)6-5-4;1-3-2;/h1-3H3;1-3H3;;/q;;-1;+1. The Kier molecular flexibility index (Phi) is 21.2. The van der Waals surface area contributed by atoms with E-state index in [4.69, 9.17) is 27.7 Å². The molecule has 0 aromatic rings. The number of rotatable bonds is 1. The van der Waals surface area contributed by atoms with Gasteiger partial charge in [-0.25, -0.2) is 0 Å². The second-order valence-corrected chi connectivity index (χ2v) is 16.6. The van der Waals surface area contributed by atoms with E-state index >= 15 is 0 Å². The van der Waals surface area contributed by atoms with Crippen LogP contribution in [0.2, 0.25) is 39.3 Å². The normalized spacial score (nSPS) is 8.69. The summed E-state index contributed by atoms with van der Waals surface area (Å²) in [6, 6.07) is 0. The molecule has 0 spiro atoms. The average molecular weight is 289 g/mol. The summed E-state index contributed by atoms with van der Waals surface area (Å²) in [5.74, 6) is 0. The van der Waals surface area contributed by atoms with Gasteiger partial charge in [-0.2, -0.15) is 11.1 Å². The van der Waals surface area contributed by atoms with Crippen molar-refractivity contribution >= 4 is 26.7 Å². The molecule has 0 rings (SSSR count). The molecule has 0 unspecified atom stereocenters. The maximum absolute atomic E-state index is 7.89. The molecule has 0 amide bonds. The molecule has 0 aromatic heterocycles. The first-order chi connectivity index (χ1) is 6.47. The van der Waals surface area contributed by atoms with E-state index in [0.29, 0.717) is 0 Å². The van der Waals surface area contributed by atoms with Crippen molar-refractivity contribution < 1.29 is 29.6 Å². The summed E-state index contributed by atoms with van der Waals surface area (Å²) < 4.78 is 3.58. The smallest absolute Gasteiger partial charge is 0.373 e. The van der Waals surface area contributed by atoms with Gasteiger partial charge < -0.3 is 11.1 Å². The van der Waals surface area contributed by atoms with Gasteiger partial charge in [-0.3, -0.25) is 4.91 Å². The molecule has 0 aliphatic rings. The first-order valence-corrected chi connectivity index (χ1v) is 12.2. The minimum atomic E-state index is -1.45. The predicted octanol–water partition coefficient (Wildman–Crippen LogP) is 2.06. The van der Waals surface area contributed by atoms with Crippen LogP contribution in [0.4, 0.5) is 0 Å². The molecule has 0 aromatic carbocycles. The Balaban J connectivity index is -0.0000000710. The van der Waals surface area contributed by atoms with Crippen LogP contribution in [0.25, 0.3) is 26.4 Å². The largest absolute Gasteiger partial charge is 1.00 e. The van der Waals surface area contributed by atoms with Gasteiger partial charge >= 0.3 is 29.6 Å². The summed E-state index contributed by atoms with van der Waals surface area (Å²) in [4.78, 5) is 4.19. The van der Waals surface area contributed by atoms with Crippen LogP contribution in [-0.4, -0.2) is 15.6 Å². The quantitative estimate of drug-likeness (QED) is 0.231. The van der Waals surface area contributed by atoms with Crippen molar-refractivity contribution in [2.75, 3.05) is 0 Å². The second-order valence-electron chi connectivity index (χ2n) is 4.52. The Hall–Kier alpha value is 0.344. The molecule has 0 fully saturated rings. The maximum atomic E-state index is 7.89. The molecule has 0 atom stereocenters. The molecule has 0 N–H and O–H groups in total. The van der Waals surface area contributed by atoms with Crippen LogP contribution < -0.4 is 29.6 Å². The van der Waals surface area contributed by atoms with Crippen LogP contribution in [0.15, 0.2) is 4.78 Å². The van der Waals surface area contributed by atoms with Crippen LogP contribution in [-0.2, 0) is 0 Å². The van der Waals surface area contributed by atoms with Gasteiger partial charge in [0.05, 0.1) is 0 Å². The molecule has 16 heavy (non-hydrogen) atoms. The van der Waals surface area contributed by atoms with E-state index in [0.717, 1.165) is 0 Å².